The first-order valence-corrected chi connectivity index (χ1v) is 10.6. The molecule has 1 saturated heterocycles. The van der Waals surface area contributed by atoms with Gasteiger partial charge in [0.05, 0.1) is 34.2 Å². The summed E-state index contributed by atoms with van der Waals surface area (Å²) in [6.07, 6.45) is 1.21. The average molecular weight is 470 g/mol. The largest absolute Gasteiger partial charge is 0.379 e. The van der Waals surface area contributed by atoms with Crippen LogP contribution in [0.2, 0.25) is 5.02 Å². The predicted octanol–water partition coefficient (Wildman–Crippen LogP) is 2.62. The molecule has 14 heteroatoms. The van der Waals surface area contributed by atoms with Gasteiger partial charge in [0.25, 0.3) is 11.4 Å². The molecule has 0 radical (unpaired) electrons. The number of hydrogen-bond acceptors (Lipinski definition) is 9. The lowest BCUT2D eigenvalue weighted by Crippen LogP contribution is -2.40. The molecule has 2 aromatic rings. The Labute approximate surface area is 181 Å². The quantitative estimate of drug-likeness (QED) is 0.368. The summed E-state index contributed by atoms with van der Waals surface area (Å²) < 4.78 is 31.8. The number of hydrazone groups is 1. The Morgan fingerprint density at radius 3 is 2.39 bits per heavy atom. The van der Waals surface area contributed by atoms with Gasteiger partial charge in [-0.15, -0.1) is 0 Å². The summed E-state index contributed by atoms with van der Waals surface area (Å²) in [7, 11) is -3.91. The summed E-state index contributed by atoms with van der Waals surface area (Å²) >= 11 is 5.75. The third kappa shape index (κ3) is 5.14. The second-order valence-electron chi connectivity index (χ2n) is 6.29. The number of ether oxygens (including phenoxy) is 1. The molecule has 0 bridgehead atoms. The summed E-state index contributed by atoms with van der Waals surface area (Å²) in [5.41, 5.74) is 1.94. The minimum absolute atomic E-state index is 0.0391. The van der Waals surface area contributed by atoms with Crippen LogP contribution in [0.3, 0.4) is 0 Å². The van der Waals surface area contributed by atoms with Gasteiger partial charge in [0.2, 0.25) is 10.0 Å². The van der Waals surface area contributed by atoms with Crippen LogP contribution in [0.5, 0.6) is 0 Å². The van der Waals surface area contributed by atoms with E-state index in [9.17, 15) is 28.6 Å². The van der Waals surface area contributed by atoms with E-state index in [-0.39, 0.29) is 47.6 Å². The van der Waals surface area contributed by atoms with E-state index in [1.54, 1.807) is 0 Å². The van der Waals surface area contributed by atoms with Crippen LogP contribution in [0.15, 0.2) is 46.4 Å². The molecular formula is C17H16ClN5O7S. The van der Waals surface area contributed by atoms with Gasteiger partial charge in [-0.05, 0) is 18.2 Å². The van der Waals surface area contributed by atoms with Crippen LogP contribution in [0.1, 0.15) is 5.56 Å². The number of rotatable bonds is 7. The van der Waals surface area contributed by atoms with Crippen molar-refractivity contribution in [3.8, 4) is 0 Å². The molecule has 2 aromatic carbocycles. The van der Waals surface area contributed by atoms with Gasteiger partial charge in [0.1, 0.15) is 10.7 Å². The van der Waals surface area contributed by atoms with Gasteiger partial charge in [-0.3, -0.25) is 25.7 Å². The molecule has 1 aliphatic rings. The molecule has 0 amide bonds. The highest BCUT2D eigenvalue weighted by atomic mass is 35.5. The highest BCUT2D eigenvalue weighted by Gasteiger charge is 2.28. The minimum atomic E-state index is -3.91. The third-order valence-electron chi connectivity index (χ3n) is 4.34. The van der Waals surface area contributed by atoms with E-state index in [2.05, 4.69) is 10.5 Å². The minimum Gasteiger partial charge on any atom is -0.379 e. The summed E-state index contributed by atoms with van der Waals surface area (Å²) in [4.78, 5) is 20.8. The topological polar surface area (TPSA) is 157 Å². The van der Waals surface area contributed by atoms with Crippen molar-refractivity contribution >= 4 is 44.9 Å². The van der Waals surface area contributed by atoms with Gasteiger partial charge in [-0.2, -0.15) is 9.41 Å². The molecular weight excluding hydrogens is 454 g/mol. The summed E-state index contributed by atoms with van der Waals surface area (Å²) in [6.45, 7) is 0.818. The Kier molecular flexibility index (Phi) is 6.80. The molecule has 0 aromatic heterocycles. The maximum Gasteiger partial charge on any atom is 0.295 e. The van der Waals surface area contributed by atoms with Crippen LogP contribution in [0.4, 0.5) is 17.1 Å². The lowest BCUT2D eigenvalue weighted by Gasteiger charge is -2.26. The monoisotopic (exact) mass is 469 g/mol. The fourth-order valence-corrected chi connectivity index (χ4v) is 4.39. The Morgan fingerprint density at radius 2 is 1.74 bits per heavy atom. The second kappa shape index (κ2) is 9.34. The van der Waals surface area contributed by atoms with Crippen LogP contribution < -0.4 is 5.43 Å². The molecule has 0 atom stereocenters. The number of nitrogens with zero attached hydrogens (tertiary/aromatic N) is 4. The Morgan fingerprint density at radius 1 is 1.06 bits per heavy atom. The first kappa shape index (κ1) is 22.6. The van der Waals surface area contributed by atoms with Crippen molar-refractivity contribution in [1.29, 1.82) is 0 Å². The molecule has 12 nitrogen and oxygen atoms in total. The van der Waals surface area contributed by atoms with E-state index in [0.29, 0.717) is 5.56 Å². The van der Waals surface area contributed by atoms with Crippen LogP contribution in [-0.2, 0) is 14.8 Å². The van der Waals surface area contributed by atoms with E-state index in [1.807, 2.05) is 0 Å². The molecule has 164 valence electrons. The van der Waals surface area contributed by atoms with E-state index >= 15 is 0 Å². The molecule has 0 spiro atoms. The molecule has 1 fully saturated rings. The number of nitrogens with one attached hydrogen (secondary N) is 1. The third-order valence-corrected chi connectivity index (χ3v) is 6.55. The Balaban J connectivity index is 1.84. The van der Waals surface area contributed by atoms with E-state index in [1.165, 1.54) is 40.9 Å². The fraction of sp³-hybridized carbons (Fsp3) is 0.235. The summed E-state index contributed by atoms with van der Waals surface area (Å²) in [6, 6.07) is 7.42. The first-order chi connectivity index (χ1) is 14.7. The zero-order chi connectivity index (χ0) is 22.6. The van der Waals surface area contributed by atoms with Gasteiger partial charge in [0, 0.05) is 30.8 Å². The van der Waals surface area contributed by atoms with Gasteiger partial charge in [0.15, 0.2) is 0 Å². The fourth-order valence-electron chi connectivity index (χ4n) is 2.78. The Bertz CT molecular complexity index is 1150. The van der Waals surface area contributed by atoms with Gasteiger partial charge in [-0.1, -0.05) is 17.7 Å². The predicted molar refractivity (Wildman–Crippen MR) is 112 cm³/mol. The van der Waals surface area contributed by atoms with Gasteiger partial charge in [-0.25, -0.2) is 8.42 Å². The molecule has 1 heterocycles. The maximum absolute atomic E-state index is 12.7. The zero-order valence-corrected chi connectivity index (χ0v) is 17.4. The number of sulfonamides is 1. The van der Waals surface area contributed by atoms with Crippen molar-refractivity contribution < 1.29 is 23.0 Å². The summed E-state index contributed by atoms with van der Waals surface area (Å²) in [5.74, 6) is 0. The van der Waals surface area contributed by atoms with Crippen molar-refractivity contribution in [2.24, 2.45) is 5.10 Å². The number of benzene rings is 2. The highest BCUT2D eigenvalue weighted by Crippen LogP contribution is 2.29. The van der Waals surface area contributed by atoms with Gasteiger partial charge >= 0.3 is 0 Å². The zero-order valence-electron chi connectivity index (χ0n) is 15.8. The molecule has 0 saturated carbocycles. The molecule has 31 heavy (non-hydrogen) atoms. The SMILES string of the molecule is O=[N+]([O-])c1cc(/C=N/Nc2ccc(S(=O)(=O)N3CCOCC3)cc2[N+](=O)[O-])ccc1Cl. The number of nitro benzene ring substituents is 2. The molecule has 1 N–H and O–H groups in total. The molecule has 3 rings (SSSR count). The van der Waals surface area contributed by atoms with Crippen molar-refractivity contribution in [3.05, 3.63) is 67.2 Å². The smallest absolute Gasteiger partial charge is 0.295 e. The lowest BCUT2D eigenvalue weighted by molar-refractivity contribution is -0.384. The van der Waals surface area contributed by atoms with Crippen LogP contribution >= 0.6 is 11.6 Å². The number of morpholine rings is 1. The Hall–Kier alpha value is -3.13. The maximum atomic E-state index is 12.7. The summed E-state index contributed by atoms with van der Waals surface area (Å²) in [5, 5.41) is 26.2. The molecule has 0 unspecified atom stereocenters. The molecule has 0 aliphatic carbocycles. The molecule has 1 aliphatic heterocycles. The van der Waals surface area contributed by atoms with Crippen molar-refractivity contribution in [2.75, 3.05) is 31.7 Å². The second-order valence-corrected chi connectivity index (χ2v) is 8.64. The van der Waals surface area contributed by atoms with E-state index < -0.39 is 25.6 Å². The standard InChI is InChI=1S/C17H16ClN5O7S/c18-14-3-1-12(9-16(14)22(24)25)11-19-20-15-4-2-13(10-17(15)23(26)27)31(28,29)21-5-7-30-8-6-21/h1-4,9-11,20H,5-8H2/b19-11+. The van der Waals surface area contributed by atoms with Crippen LogP contribution in [-0.4, -0.2) is 55.1 Å². The van der Waals surface area contributed by atoms with Gasteiger partial charge < -0.3 is 4.74 Å². The number of nitro groups is 2. The van der Waals surface area contributed by atoms with E-state index in [4.69, 9.17) is 16.3 Å². The average Bonchev–Trinajstić information content (AvgIpc) is 2.75. The normalized spacial score (nSPS) is 15.1. The lowest BCUT2D eigenvalue weighted by atomic mass is 10.2. The number of anilines is 1. The van der Waals surface area contributed by atoms with E-state index in [0.717, 1.165) is 6.07 Å². The highest BCUT2D eigenvalue weighted by molar-refractivity contribution is 7.89. The van der Waals surface area contributed by atoms with Crippen molar-refractivity contribution in [1.82, 2.24) is 4.31 Å². The van der Waals surface area contributed by atoms with Crippen molar-refractivity contribution in [3.63, 3.8) is 0 Å². The number of hydrogen-bond donors (Lipinski definition) is 1. The van der Waals surface area contributed by atoms with Crippen LogP contribution in [0.25, 0.3) is 0 Å². The first-order valence-electron chi connectivity index (χ1n) is 8.79. The van der Waals surface area contributed by atoms with Crippen LogP contribution in [0, 0.1) is 20.2 Å². The van der Waals surface area contributed by atoms with Crippen molar-refractivity contribution in [2.45, 2.75) is 4.90 Å². The number of halogens is 1.